The molecule has 1 unspecified atom stereocenters. The number of amides is 3. The summed E-state index contributed by atoms with van der Waals surface area (Å²) in [6.07, 6.45) is 10.6. The van der Waals surface area contributed by atoms with Crippen LogP contribution in [0.3, 0.4) is 0 Å². The van der Waals surface area contributed by atoms with Crippen molar-refractivity contribution in [3.05, 3.63) is 23.9 Å². The lowest BCUT2D eigenvalue weighted by Crippen LogP contribution is -2.54. The molecule has 0 aromatic carbocycles. The number of hydrogen-bond acceptors (Lipinski definition) is 5. The van der Waals surface area contributed by atoms with Crippen LogP contribution in [-0.2, 0) is 4.79 Å². The van der Waals surface area contributed by atoms with Crippen LogP contribution >= 0.6 is 0 Å². The Hall–Kier alpha value is -2.51. The molecule has 1 aromatic heterocycles. The predicted molar refractivity (Wildman–Crippen MR) is 89.4 cm³/mol. The first-order chi connectivity index (χ1) is 12.2. The van der Waals surface area contributed by atoms with Crippen LogP contribution in [-0.4, -0.2) is 52.3 Å². The molecule has 0 bridgehead atoms. The van der Waals surface area contributed by atoms with Gasteiger partial charge in [0.1, 0.15) is 5.92 Å². The van der Waals surface area contributed by atoms with E-state index in [4.69, 9.17) is 4.52 Å². The van der Waals surface area contributed by atoms with Crippen molar-refractivity contribution in [2.24, 2.45) is 4.99 Å². The highest BCUT2D eigenvalue weighted by Crippen LogP contribution is 2.28. The van der Waals surface area contributed by atoms with Gasteiger partial charge in [-0.2, -0.15) is 4.98 Å². The standard InChI is InChI=1S/C17H21N5O3/c23-15-13(7-4-8-18-15)14-20-16(25-21-14)11-9-22(10-11)17(24)19-12-5-2-1-3-6-12/h4,7-8,11-13H,1-3,5-6,9-10H2,(H,19,24). The van der Waals surface area contributed by atoms with Crippen LogP contribution in [0.4, 0.5) is 4.79 Å². The van der Waals surface area contributed by atoms with E-state index < -0.39 is 5.92 Å². The fraction of sp³-hybridized carbons (Fsp3) is 0.588. The van der Waals surface area contributed by atoms with E-state index in [0.717, 1.165) is 12.8 Å². The minimum Gasteiger partial charge on any atom is -0.339 e. The second kappa shape index (κ2) is 6.78. The molecular formula is C17H21N5O3. The molecule has 1 saturated heterocycles. The molecule has 1 aliphatic carbocycles. The highest BCUT2D eigenvalue weighted by molar-refractivity contribution is 5.96. The molecule has 1 aromatic rings. The average Bonchev–Trinajstić information content (AvgIpc) is 3.04. The van der Waals surface area contributed by atoms with Crippen LogP contribution in [0.15, 0.2) is 21.7 Å². The molecule has 3 heterocycles. The molecule has 4 rings (SSSR count). The Morgan fingerprint density at radius 2 is 2.04 bits per heavy atom. The van der Waals surface area contributed by atoms with Crippen molar-refractivity contribution in [1.82, 2.24) is 20.4 Å². The molecule has 3 amide bonds. The number of carbonyl (C=O) groups excluding carboxylic acids is 2. The summed E-state index contributed by atoms with van der Waals surface area (Å²) >= 11 is 0. The maximum Gasteiger partial charge on any atom is 0.317 e. The van der Waals surface area contributed by atoms with Crippen molar-refractivity contribution in [2.75, 3.05) is 13.1 Å². The fourth-order valence-electron chi connectivity index (χ4n) is 3.49. The number of dihydropyridines is 1. The fourth-order valence-corrected chi connectivity index (χ4v) is 3.49. The number of nitrogens with one attached hydrogen (secondary N) is 1. The Balaban J connectivity index is 1.30. The molecule has 0 radical (unpaired) electrons. The lowest BCUT2D eigenvalue weighted by Gasteiger charge is -2.38. The first-order valence-electron chi connectivity index (χ1n) is 8.84. The quantitative estimate of drug-likeness (QED) is 0.901. The van der Waals surface area contributed by atoms with Gasteiger partial charge in [-0.25, -0.2) is 9.79 Å². The summed E-state index contributed by atoms with van der Waals surface area (Å²) in [5.41, 5.74) is 0. The van der Waals surface area contributed by atoms with Gasteiger partial charge in [0.05, 0.1) is 5.92 Å². The number of aromatic nitrogens is 2. The van der Waals surface area contributed by atoms with Gasteiger partial charge in [0.25, 0.3) is 5.91 Å². The maximum absolute atomic E-state index is 12.2. The third-order valence-corrected chi connectivity index (χ3v) is 5.04. The van der Waals surface area contributed by atoms with E-state index in [0.29, 0.717) is 30.8 Å². The van der Waals surface area contributed by atoms with Gasteiger partial charge in [0.15, 0.2) is 5.82 Å². The second-order valence-electron chi connectivity index (χ2n) is 6.86. The molecule has 8 heteroatoms. The molecule has 2 fully saturated rings. The highest BCUT2D eigenvalue weighted by Gasteiger charge is 2.37. The van der Waals surface area contributed by atoms with Gasteiger partial charge in [-0.1, -0.05) is 30.5 Å². The smallest absolute Gasteiger partial charge is 0.317 e. The molecule has 1 N–H and O–H groups in total. The van der Waals surface area contributed by atoms with Gasteiger partial charge < -0.3 is 14.7 Å². The largest absolute Gasteiger partial charge is 0.339 e. The van der Waals surface area contributed by atoms with E-state index in [1.54, 1.807) is 17.1 Å². The van der Waals surface area contributed by atoms with E-state index >= 15 is 0 Å². The van der Waals surface area contributed by atoms with Crippen LogP contribution < -0.4 is 5.32 Å². The summed E-state index contributed by atoms with van der Waals surface area (Å²) < 4.78 is 5.29. The number of urea groups is 1. The summed E-state index contributed by atoms with van der Waals surface area (Å²) in [6.45, 7) is 1.12. The first kappa shape index (κ1) is 16.0. The van der Waals surface area contributed by atoms with Gasteiger partial charge >= 0.3 is 6.03 Å². The molecule has 25 heavy (non-hydrogen) atoms. The lowest BCUT2D eigenvalue weighted by atomic mass is 9.95. The third-order valence-electron chi connectivity index (χ3n) is 5.04. The van der Waals surface area contributed by atoms with Crippen LogP contribution in [0.2, 0.25) is 0 Å². The number of allylic oxidation sites excluding steroid dienone is 1. The van der Waals surface area contributed by atoms with E-state index in [2.05, 4.69) is 20.4 Å². The van der Waals surface area contributed by atoms with Crippen molar-refractivity contribution in [2.45, 2.75) is 50.0 Å². The summed E-state index contributed by atoms with van der Waals surface area (Å²) in [5.74, 6) is -0.0274. The van der Waals surface area contributed by atoms with Crippen molar-refractivity contribution in [3.8, 4) is 0 Å². The molecule has 2 aliphatic heterocycles. The van der Waals surface area contributed by atoms with Crippen LogP contribution in [0, 0.1) is 0 Å². The molecular weight excluding hydrogens is 322 g/mol. The lowest BCUT2D eigenvalue weighted by molar-refractivity contribution is -0.118. The van der Waals surface area contributed by atoms with E-state index in [1.807, 2.05) is 0 Å². The Bertz CT molecular complexity index is 714. The van der Waals surface area contributed by atoms with Gasteiger partial charge in [0.2, 0.25) is 5.89 Å². The zero-order valence-electron chi connectivity index (χ0n) is 13.9. The molecule has 1 atom stereocenters. The van der Waals surface area contributed by atoms with Crippen molar-refractivity contribution < 1.29 is 14.1 Å². The summed E-state index contributed by atoms with van der Waals surface area (Å²) in [6, 6.07) is 0.294. The van der Waals surface area contributed by atoms with E-state index in [1.165, 1.54) is 25.5 Å². The molecule has 1 saturated carbocycles. The Labute approximate surface area is 145 Å². The summed E-state index contributed by atoms with van der Waals surface area (Å²) in [5, 5.41) is 7.01. The monoisotopic (exact) mass is 343 g/mol. The molecule has 132 valence electrons. The van der Waals surface area contributed by atoms with Crippen LogP contribution in [0.1, 0.15) is 55.7 Å². The number of rotatable bonds is 3. The summed E-state index contributed by atoms with van der Waals surface area (Å²) in [4.78, 5) is 33.8. The van der Waals surface area contributed by atoms with Gasteiger partial charge in [-0.05, 0) is 18.9 Å². The third kappa shape index (κ3) is 3.33. The van der Waals surface area contributed by atoms with Crippen LogP contribution in [0.5, 0.6) is 0 Å². The van der Waals surface area contributed by atoms with Crippen molar-refractivity contribution in [1.29, 1.82) is 0 Å². The van der Waals surface area contributed by atoms with Crippen LogP contribution in [0.25, 0.3) is 0 Å². The Kier molecular flexibility index (Phi) is 4.33. The Morgan fingerprint density at radius 3 is 2.80 bits per heavy atom. The second-order valence-corrected chi connectivity index (χ2v) is 6.86. The molecule has 0 spiro atoms. The normalized spacial score (nSPS) is 24.4. The van der Waals surface area contributed by atoms with E-state index in [9.17, 15) is 9.59 Å². The zero-order chi connectivity index (χ0) is 17.2. The first-order valence-corrected chi connectivity index (χ1v) is 8.84. The highest BCUT2D eigenvalue weighted by atomic mass is 16.5. The SMILES string of the molecule is O=C1N=CC=CC1c1noc(C2CN(C(=O)NC3CCCCC3)C2)n1. The topological polar surface area (TPSA) is 101 Å². The number of carbonyl (C=O) groups is 2. The zero-order valence-corrected chi connectivity index (χ0v) is 13.9. The number of likely N-dealkylation sites (tertiary alicyclic amines) is 1. The minimum atomic E-state index is -0.576. The van der Waals surface area contributed by atoms with Gasteiger partial charge in [0, 0.05) is 25.3 Å². The molecule has 8 nitrogen and oxygen atoms in total. The number of aliphatic imine (C=N–C) groups is 1. The maximum atomic E-state index is 12.2. The molecule has 3 aliphatic rings. The van der Waals surface area contributed by atoms with Gasteiger partial charge in [-0.3, -0.25) is 4.79 Å². The van der Waals surface area contributed by atoms with Crippen molar-refractivity contribution >= 4 is 18.2 Å². The minimum absolute atomic E-state index is 0.0115. The van der Waals surface area contributed by atoms with Crippen molar-refractivity contribution in [3.63, 3.8) is 0 Å². The average molecular weight is 343 g/mol. The number of hydrogen-bond donors (Lipinski definition) is 1. The Morgan fingerprint density at radius 1 is 1.24 bits per heavy atom. The van der Waals surface area contributed by atoms with Gasteiger partial charge in [-0.15, -0.1) is 0 Å². The summed E-state index contributed by atoms with van der Waals surface area (Å²) in [7, 11) is 0. The van der Waals surface area contributed by atoms with E-state index in [-0.39, 0.29) is 17.9 Å². The number of nitrogens with zero attached hydrogens (tertiary/aromatic N) is 4. The predicted octanol–water partition coefficient (Wildman–Crippen LogP) is 1.76.